The maximum absolute atomic E-state index is 10.6. The summed E-state index contributed by atoms with van der Waals surface area (Å²) in [6.45, 7) is 1.85. The Morgan fingerprint density at radius 2 is 1.90 bits per heavy atom. The van der Waals surface area contributed by atoms with Gasteiger partial charge >= 0.3 is 0 Å². The zero-order valence-electron chi connectivity index (χ0n) is 18.0. The van der Waals surface area contributed by atoms with Crippen LogP contribution in [0.3, 0.4) is 0 Å². The smallest absolute Gasteiger partial charge is 0.151 e. The minimum absolute atomic E-state index is 0.130. The molecule has 4 N–H and O–H groups in total. The van der Waals surface area contributed by atoms with Gasteiger partial charge in [0.2, 0.25) is 0 Å². The first-order valence-corrected chi connectivity index (χ1v) is 11.0. The molecule has 2 fully saturated rings. The summed E-state index contributed by atoms with van der Waals surface area (Å²) in [7, 11) is 2.11. The zero-order chi connectivity index (χ0) is 21.5. The highest BCUT2D eigenvalue weighted by Gasteiger charge is 2.33. The van der Waals surface area contributed by atoms with Crippen molar-refractivity contribution in [2.24, 2.45) is 0 Å². The summed E-state index contributed by atoms with van der Waals surface area (Å²) in [6.07, 6.45) is 7.91. The number of aryl methyl sites for hydroxylation is 1. The molecule has 5 rings (SSSR count). The Kier molecular flexibility index (Phi) is 5.02. The number of rotatable bonds is 4. The van der Waals surface area contributed by atoms with E-state index in [9.17, 15) is 5.11 Å². The third-order valence-electron chi connectivity index (χ3n) is 6.71. The van der Waals surface area contributed by atoms with Gasteiger partial charge in [-0.1, -0.05) is 6.42 Å². The van der Waals surface area contributed by atoms with E-state index >= 15 is 0 Å². The summed E-state index contributed by atoms with van der Waals surface area (Å²) in [6, 6.07) is 11.0. The Bertz CT molecular complexity index is 1050. The number of anilines is 2. The van der Waals surface area contributed by atoms with Gasteiger partial charge in [-0.05, 0) is 56.9 Å². The minimum Gasteiger partial charge on any atom is -0.507 e. The number of fused-ring (bicyclic) bond motifs is 2. The topological polar surface area (TPSA) is 105 Å². The summed E-state index contributed by atoms with van der Waals surface area (Å²) in [4.78, 5) is 2.26. The number of phenols is 1. The lowest BCUT2D eigenvalue weighted by Gasteiger charge is -2.43. The molecule has 8 nitrogen and oxygen atoms in total. The van der Waals surface area contributed by atoms with Crippen LogP contribution in [-0.4, -0.2) is 50.3 Å². The van der Waals surface area contributed by atoms with Gasteiger partial charge in [-0.25, -0.2) is 4.68 Å². The van der Waals surface area contributed by atoms with Crippen LogP contribution in [0.2, 0.25) is 0 Å². The number of piperidine rings is 2. The van der Waals surface area contributed by atoms with E-state index in [1.807, 2.05) is 31.2 Å². The molecule has 0 radical (unpaired) electrons. The Balaban J connectivity index is 1.33. The van der Waals surface area contributed by atoms with Gasteiger partial charge in [0.25, 0.3) is 0 Å². The van der Waals surface area contributed by atoms with Crippen LogP contribution in [-0.2, 0) is 0 Å². The number of nitrogens with two attached hydrogens (primary N) is 1. The van der Waals surface area contributed by atoms with E-state index < -0.39 is 0 Å². The van der Waals surface area contributed by atoms with Crippen molar-refractivity contribution in [3.8, 4) is 22.7 Å². The molecular formula is C23H29N7O. The number of nitrogen functional groups attached to an aromatic ring is 1. The van der Waals surface area contributed by atoms with Crippen molar-refractivity contribution in [1.29, 1.82) is 0 Å². The Morgan fingerprint density at radius 1 is 1.13 bits per heavy atom. The predicted molar refractivity (Wildman–Crippen MR) is 121 cm³/mol. The van der Waals surface area contributed by atoms with Gasteiger partial charge in [0.05, 0.1) is 29.0 Å². The molecule has 1 unspecified atom stereocenters. The van der Waals surface area contributed by atoms with Crippen LogP contribution in [0.4, 0.5) is 11.5 Å². The molecule has 2 aliphatic heterocycles. The number of phenolic OH excluding ortho intramolecular Hbond substituents is 1. The predicted octanol–water partition coefficient (Wildman–Crippen LogP) is 3.03. The molecule has 3 atom stereocenters. The third kappa shape index (κ3) is 3.83. The summed E-state index contributed by atoms with van der Waals surface area (Å²) < 4.78 is 1.66. The van der Waals surface area contributed by atoms with Crippen LogP contribution in [0.5, 0.6) is 5.75 Å². The standard InChI is InChI=1S/C23H29N7O/c1-14-20(24)13-30(28-14)17-6-7-19(22(31)12-17)21-8-9-23(27-26-21)29(2)18-10-15-4-3-5-16(11-18)25-15/h6-9,12-13,15-16,18,25,31H,3-5,10-11,24H2,1-2H3/t15-,16+,18?. The second-order valence-electron chi connectivity index (χ2n) is 8.82. The molecule has 0 aliphatic carbocycles. The van der Waals surface area contributed by atoms with Gasteiger partial charge in [0.15, 0.2) is 5.82 Å². The molecule has 162 valence electrons. The highest BCUT2D eigenvalue weighted by atomic mass is 16.3. The normalized spacial score (nSPS) is 23.0. The molecular weight excluding hydrogens is 390 g/mol. The van der Waals surface area contributed by atoms with E-state index in [4.69, 9.17) is 5.73 Å². The van der Waals surface area contributed by atoms with Gasteiger partial charge in [0, 0.05) is 36.8 Å². The van der Waals surface area contributed by atoms with Gasteiger partial charge < -0.3 is 21.1 Å². The van der Waals surface area contributed by atoms with Crippen LogP contribution in [0, 0.1) is 6.92 Å². The van der Waals surface area contributed by atoms with E-state index in [0.29, 0.717) is 35.1 Å². The van der Waals surface area contributed by atoms with Crippen molar-refractivity contribution in [1.82, 2.24) is 25.3 Å². The fraction of sp³-hybridized carbons (Fsp3) is 0.435. The highest BCUT2D eigenvalue weighted by Crippen LogP contribution is 2.32. The van der Waals surface area contributed by atoms with Crippen molar-refractivity contribution < 1.29 is 5.11 Å². The fourth-order valence-electron chi connectivity index (χ4n) is 4.88. The second kappa shape index (κ2) is 7.85. The second-order valence-corrected chi connectivity index (χ2v) is 8.82. The van der Waals surface area contributed by atoms with Crippen molar-refractivity contribution >= 4 is 11.5 Å². The summed E-state index contributed by atoms with van der Waals surface area (Å²) in [5.41, 5.74) is 9.27. The average molecular weight is 420 g/mol. The van der Waals surface area contributed by atoms with E-state index in [1.54, 1.807) is 16.9 Å². The van der Waals surface area contributed by atoms with Gasteiger partial charge in [-0.3, -0.25) is 0 Å². The molecule has 0 amide bonds. The van der Waals surface area contributed by atoms with Crippen molar-refractivity contribution in [3.63, 3.8) is 0 Å². The van der Waals surface area contributed by atoms with Gasteiger partial charge in [0.1, 0.15) is 5.75 Å². The number of hydrogen-bond donors (Lipinski definition) is 3. The third-order valence-corrected chi connectivity index (χ3v) is 6.71. The van der Waals surface area contributed by atoms with Gasteiger partial charge in [-0.2, -0.15) is 5.10 Å². The van der Waals surface area contributed by atoms with E-state index in [1.165, 1.54) is 19.3 Å². The number of aromatic nitrogens is 4. The SMILES string of the molecule is Cc1nn(-c2ccc(-c3ccc(N(C)C4C[C@H]5CCC[C@@H](C4)N5)nn3)c(O)c2)cc1N. The molecule has 4 heterocycles. The van der Waals surface area contributed by atoms with E-state index in [-0.39, 0.29) is 5.75 Å². The molecule has 0 saturated carbocycles. The summed E-state index contributed by atoms with van der Waals surface area (Å²) >= 11 is 0. The minimum atomic E-state index is 0.130. The van der Waals surface area contributed by atoms with Crippen molar-refractivity contribution in [3.05, 3.63) is 42.2 Å². The lowest BCUT2D eigenvalue weighted by atomic mass is 9.83. The molecule has 1 aromatic carbocycles. The lowest BCUT2D eigenvalue weighted by molar-refractivity contribution is 0.219. The Labute approximate surface area is 182 Å². The van der Waals surface area contributed by atoms with Crippen LogP contribution >= 0.6 is 0 Å². The first-order chi connectivity index (χ1) is 15.0. The quantitative estimate of drug-likeness (QED) is 0.597. The van der Waals surface area contributed by atoms with Crippen molar-refractivity contribution in [2.75, 3.05) is 17.7 Å². The molecule has 8 heteroatoms. The number of benzene rings is 1. The largest absolute Gasteiger partial charge is 0.507 e. The van der Waals surface area contributed by atoms with Crippen LogP contribution < -0.4 is 16.0 Å². The number of nitrogens with zero attached hydrogens (tertiary/aromatic N) is 5. The van der Waals surface area contributed by atoms with E-state index in [0.717, 1.165) is 30.0 Å². The maximum Gasteiger partial charge on any atom is 0.151 e. The first-order valence-electron chi connectivity index (χ1n) is 11.0. The molecule has 0 spiro atoms. The maximum atomic E-state index is 10.6. The zero-order valence-corrected chi connectivity index (χ0v) is 18.0. The number of nitrogens with one attached hydrogen (secondary N) is 1. The molecule has 2 bridgehead atoms. The molecule has 2 aliphatic rings. The number of hydrogen-bond acceptors (Lipinski definition) is 7. The first kappa shape index (κ1) is 19.8. The Morgan fingerprint density at radius 3 is 2.52 bits per heavy atom. The molecule has 3 aromatic rings. The average Bonchev–Trinajstić information content (AvgIpc) is 3.11. The van der Waals surface area contributed by atoms with Crippen LogP contribution in [0.25, 0.3) is 16.9 Å². The highest BCUT2D eigenvalue weighted by molar-refractivity contribution is 5.69. The number of aromatic hydroxyl groups is 1. The monoisotopic (exact) mass is 419 g/mol. The van der Waals surface area contributed by atoms with Crippen LogP contribution in [0.1, 0.15) is 37.8 Å². The Hall–Kier alpha value is -3.13. The molecule has 31 heavy (non-hydrogen) atoms. The van der Waals surface area contributed by atoms with Crippen LogP contribution in [0.15, 0.2) is 36.5 Å². The molecule has 2 saturated heterocycles. The van der Waals surface area contributed by atoms with Crippen molar-refractivity contribution in [2.45, 2.75) is 57.2 Å². The van der Waals surface area contributed by atoms with Gasteiger partial charge in [-0.15, -0.1) is 10.2 Å². The van der Waals surface area contributed by atoms with E-state index in [2.05, 4.69) is 32.6 Å². The lowest BCUT2D eigenvalue weighted by Crippen LogP contribution is -2.54. The summed E-state index contributed by atoms with van der Waals surface area (Å²) in [5, 5.41) is 27.6. The fourth-order valence-corrected chi connectivity index (χ4v) is 4.88. The summed E-state index contributed by atoms with van der Waals surface area (Å²) in [5.74, 6) is 0.998. The molecule has 2 aromatic heterocycles.